The molecular weight excluding hydrogens is 330 g/mol. The molecule has 0 atom stereocenters. The summed E-state index contributed by atoms with van der Waals surface area (Å²) in [5, 5.41) is 3.06. The number of hydrogen-bond donors (Lipinski definition) is 1. The average molecular weight is 359 g/mol. The van der Waals surface area contributed by atoms with Gasteiger partial charge in [0.2, 0.25) is 0 Å². The molecule has 1 N–H and O–H groups in total. The lowest BCUT2D eigenvalue weighted by atomic mass is 10.1. The second kappa shape index (κ2) is 10.5. The molecule has 0 saturated carbocycles. The Kier molecular flexibility index (Phi) is 7.99. The smallest absolute Gasteiger partial charge is 0.257 e. The monoisotopic (exact) mass is 359 g/mol. The molecule has 0 aliphatic carbocycles. The summed E-state index contributed by atoms with van der Waals surface area (Å²) in [6.07, 6.45) is 6.33. The van der Waals surface area contributed by atoms with Crippen molar-refractivity contribution in [2.45, 2.75) is 39.5 Å². The van der Waals surface area contributed by atoms with Crippen molar-refractivity contribution in [2.24, 2.45) is 0 Å². The number of benzene rings is 1. The Morgan fingerprint density at radius 3 is 2.62 bits per heavy atom. The first-order valence-electron chi connectivity index (χ1n) is 9.22. The predicted molar refractivity (Wildman–Crippen MR) is 104 cm³/mol. The van der Waals surface area contributed by atoms with Crippen LogP contribution in [-0.4, -0.2) is 37.3 Å². The van der Waals surface area contributed by atoms with Crippen molar-refractivity contribution in [2.75, 3.05) is 32.7 Å². The Labute approximate surface area is 155 Å². The van der Waals surface area contributed by atoms with Crippen LogP contribution in [0.15, 0.2) is 24.4 Å². The molecule has 1 heterocycles. The topological polar surface area (TPSA) is 65.5 Å². The van der Waals surface area contributed by atoms with Crippen LogP contribution in [0, 0.1) is 0 Å². The van der Waals surface area contributed by atoms with Crippen LogP contribution < -0.4 is 19.5 Å². The van der Waals surface area contributed by atoms with Crippen molar-refractivity contribution < 1.29 is 14.2 Å². The maximum absolute atomic E-state index is 5.79. The number of methoxy groups -OCH3 is 1. The summed E-state index contributed by atoms with van der Waals surface area (Å²) >= 11 is 0. The third kappa shape index (κ3) is 5.25. The van der Waals surface area contributed by atoms with Crippen LogP contribution in [-0.2, 0) is 0 Å². The zero-order chi connectivity index (χ0) is 18.8. The lowest BCUT2D eigenvalue weighted by Crippen LogP contribution is -2.05. The zero-order valence-electron chi connectivity index (χ0n) is 16.2. The maximum Gasteiger partial charge on any atom is 0.257 e. The quantitative estimate of drug-likeness (QED) is 0.594. The Hall–Kier alpha value is -2.50. The van der Waals surface area contributed by atoms with Crippen molar-refractivity contribution in [3.8, 4) is 28.6 Å². The number of rotatable bonds is 11. The van der Waals surface area contributed by atoms with Crippen molar-refractivity contribution in [3.63, 3.8) is 0 Å². The van der Waals surface area contributed by atoms with Gasteiger partial charge in [0, 0.05) is 18.7 Å². The van der Waals surface area contributed by atoms with Crippen LogP contribution >= 0.6 is 0 Å². The van der Waals surface area contributed by atoms with E-state index in [1.165, 1.54) is 19.3 Å². The summed E-state index contributed by atoms with van der Waals surface area (Å²) in [4.78, 5) is 9.09. The third-order valence-electron chi connectivity index (χ3n) is 3.97. The Morgan fingerprint density at radius 1 is 1.08 bits per heavy atom. The molecule has 1 aromatic carbocycles. The van der Waals surface area contributed by atoms with Crippen molar-refractivity contribution in [1.29, 1.82) is 0 Å². The summed E-state index contributed by atoms with van der Waals surface area (Å²) in [6.45, 7) is 5.40. The van der Waals surface area contributed by atoms with Gasteiger partial charge in [0.05, 0.1) is 32.2 Å². The molecule has 0 aliphatic rings. The fraction of sp³-hybridized carbons (Fsp3) is 0.500. The fourth-order valence-corrected chi connectivity index (χ4v) is 2.61. The van der Waals surface area contributed by atoms with E-state index in [-0.39, 0.29) is 0 Å². The Bertz CT molecular complexity index is 692. The van der Waals surface area contributed by atoms with E-state index < -0.39 is 0 Å². The molecule has 6 heteroatoms. The number of nitrogens with one attached hydrogen (secondary N) is 1. The molecule has 26 heavy (non-hydrogen) atoms. The Balaban J connectivity index is 2.17. The SMILES string of the molecule is CCCCCCOc1ncc(-c2ccc(OCC)cc2OC)nc1NC. The summed E-state index contributed by atoms with van der Waals surface area (Å²) in [5.41, 5.74) is 1.57. The van der Waals surface area contributed by atoms with Crippen LogP contribution in [0.4, 0.5) is 5.82 Å². The van der Waals surface area contributed by atoms with E-state index in [9.17, 15) is 0 Å². The average Bonchev–Trinajstić information content (AvgIpc) is 2.68. The molecule has 0 spiro atoms. The summed E-state index contributed by atoms with van der Waals surface area (Å²) in [7, 11) is 3.45. The molecule has 142 valence electrons. The lowest BCUT2D eigenvalue weighted by Gasteiger charge is -2.13. The lowest BCUT2D eigenvalue weighted by molar-refractivity contribution is 0.294. The van der Waals surface area contributed by atoms with Crippen LogP contribution in [0.25, 0.3) is 11.3 Å². The molecular formula is C20H29N3O3. The second-order valence-electron chi connectivity index (χ2n) is 5.86. The van der Waals surface area contributed by atoms with Crippen LogP contribution in [0.3, 0.4) is 0 Å². The summed E-state index contributed by atoms with van der Waals surface area (Å²) in [5.74, 6) is 2.61. The highest BCUT2D eigenvalue weighted by atomic mass is 16.5. The van der Waals surface area contributed by atoms with E-state index in [4.69, 9.17) is 14.2 Å². The number of nitrogens with zero attached hydrogens (tertiary/aromatic N) is 2. The molecule has 0 aliphatic heterocycles. The van der Waals surface area contributed by atoms with E-state index in [2.05, 4.69) is 22.2 Å². The molecule has 0 fully saturated rings. The zero-order valence-corrected chi connectivity index (χ0v) is 16.2. The standard InChI is InChI=1S/C20H29N3O3/c1-5-7-8-9-12-26-20-19(21-3)23-17(14-22-20)16-11-10-15(25-6-2)13-18(16)24-4/h10-11,13-14H,5-9,12H2,1-4H3,(H,21,23). The normalized spacial score (nSPS) is 10.5. The van der Waals surface area contributed by atoms with Crippen LogP contribution in [0.2, 0.25) is 0 Å². The number of aromatic nitrogens is 2. The van der Waals surface area contributed by atoms with Gasteiger partial charge in [0.1, 0.15) is 11.5 Å². The van der Waals surface area contributed by atoms with Crippen LogP contribution in [0.5, 0.6) is 17.4 Å². The number of hydrogen-bond acceptors (Lipinski definition) is 6. The van der Waals surface area contributed by atoms with E-state index in [0.29, 0.717) is 36.4 Å². The van der Waals surface area contributed by atoms with Gasteiger partial charge in [-0.3, -0.25) is 0 Å². The minimum atomic E-state index is 0.526. The van der Waals surface area contributed by atoms with E-state index in [1.54, 1.807) is 13.3 Å². The molecule has 0 radical (unpaired) electrons. The first kappa shape index (κ1) is 19.8. The minimum absolute atomic E-state index is 0.526. The van der Waals surface area contributed by atoms with Crippen LogP contribution in [0.1, 0.15) is 39.5 Å². The molecule has 0 saturated heterocycles. The predicted octanol–water partition coefficient (Wildman–Crippen LogP) is 4.55. The maximum atomic E-state index is 5.79. The summed E-state index contributed by atoms with van der Waals surface area (Å²) in [6, 6.07) is 5.69. The van der Waals surface area contributed by atoms with Gasteiger partial charge in [0.15, 0.2) is 5.82 Å². The summed E-state index contributed by atoms with van der Waals surface area (Å²) < 4.78 is 16.8. The second-order valence-corrected chi connectivity index (χ2v) is 5.86. The highest BCUT2D eigenvalue weighted by Gasteiger charge is 2.13. The Morgan fingerprint density at radius 2 is 1.92 bits per heavy atom. The third-order valence-corrected chi connectivity index (χ3v) is 3.97. The molecule has 0 unspecified atom stereocenters. The van der Waals surface area contributed by atoms with Crippen molar-refractivity contribution in [1.82, 2.24) is 9.97 Å². The van der Waals surface area contributed by atoms with Gasteiger partial charge in [-0.2, -0.15) is 0 Å². The number of unbranched alkanes of at least 4 members (excludes halogenated alkanes) is 3. The van der Waals surface area contributed by atoms with Gasteiger partial charge < -0.3 is 19.5 Å². The number of ether oxygens (including phenoxy) is 3. The van der Waals surface area contributed by atoms with Gasteiger partial charge >= 0.3 is 0 Å². The largest absolute Gasteiger partial charge is 0.496 e. The molecule has 1 aromatic heterocycles. The van der Waals surface area contributed by atoms with Gasteiger partial charge in [-0.15, -0.1) is 0 Å². The van der Waals surface area contributed by atoms with Gasteiger partial charge in [0.25, 0.3) is 5.88 Å². The van der Waals surface area contributed by atoms with Crippen molar-refractivity contribution in [3.05, 3.63) is 24.4 Å². The van der Waals surface area contributed by atoms with Gasteiger partial charge in [-0.05, 0) is 25.5 Å². The molecule has 0 bridgehead atoms. The van der Waals surface area contributed by atoms with E-state index in [0.717, 1.165) is 17.7 Å². The molecule has 2 rings (SSSR count). The molecule has 0 amide bonds. The van der Waals surface area contributed by atoms with E-state index >= 15 is 0 Å². The first-order chi connectivity index (χ1) is 12.7. The minimum Gasteiger partial charge on any atom is -0.496 e. The van der Waals surface area contributed by atoms with Crippen molar-refractivity contribution >= 4 is 5.82 Å². The van der Waals surface area contributed by atoms with Gasteiger partial charge in [-0.25, -0.2) is 9.97 Å². The fourth-order valence-electron chi connectivity index (χ4n) is 2.61. The first-order valence-corrected chi connectivity index (χ1v) is 9.22. The van der Waals surface area contributed by atoms with Gasteiger partial charge in [-0.1, -0.05) is 26.2 Å². The highest BCUT2D eigenvalue weighted by molar-refractivity contribution is 5.69. The highest BCUT2D eigenvalue weighted by Crippen LogP contribution is 2.33. The molecule has 2 aromatic rings. The number of anilines is 1. The molecule has 6 nitrogen and oxygen atoms in total. The van der Waals surface area contributed by atoms with E-state index in [1.807, 2.05) is 32.2 Å².